The molecule has 3 N–H and O–H groups in total. The third-order valence-electron chi connectivity index (χ3n) is 2.65. The lowest BCUT2D eigenvalue weighted by molar-refractivity contribution is -0.131. The summed E-state index contributed by atoms with van der Waals surface area (Å²) in [6.45, 7) is 1.81. The number of aromatic amines is 1. The lowest BCUT2D eigenvalue weighted by atomic mass is 10.0. The Kier molecular flexibility index (Phi) is 3.95. The van der Waals surface area contributed by atoms with Gasteiger partial charge in [0.2, 0.25) is 5.95 Å². The molecule has 0 bridgehead atoms. The van der Waals surface area contributed by atoms with E-state index in [2.05, 4.69) is 15.3 Å². The smallest absolute Gasteiger partial charge is 0.328 e. The molecule has 0 aliphatic heterocycles. The van der Waals surface area contributed by atoms with Crippen LogP contribution in [0.2, 0.25) is 0 Å². The molecule has 102 valence electrons. The van der Waals surface area contributed by atoms with Gasteiger partial charge in [0, 0.05) is 24.0 Å². The Morgan fingerprint density at radius 1 is 1.40 bits per heavy atom. The van der Waals surface area contributed by atoms with E-state index in [4.69, 9.17) is 5.11 Å². The van der Waals surface area contributed by atoms with E-state index in [-0.39, 0.29) is 5.91 Å². The van der Waals surface area contributed by atoms with Crippen LogP contribution in [0.4, 0.5) is 5.95 Å². The van der Waals surface area contributed by atoms with Crippen molar-refractivity contribution in [3.8, 4) is 0 Å². The fourth-order valence-electron chi connectivity index (χ4n) is 1.66. The van der Waals surface area contributed by atoms with Crippen molar-refractivity contribution >= 4 is 23.9 Å². The largest absolute Gasteiger partial charge is 0.478 e. The highest BCUT2D eigenvalue weighted by Crippen LogP contribution is 2.14. The number of nitrogens with one attached hydrogen (secondary N) is 2. The average molecular weight is 271 g/mol. The molecule has 0 aliphatic carbocycles. The molecule has 0 radical (unpaired) electrons. The van der Waals surface area contributed by atoms with Crippen molar-refractivity contribution in [2.24, 2.45) is 0 Å². The summed E-state index contributed by atoms with van der Waals surface area (Å²) >= 11 is 0. The number of amides is 1. The van der Waals surface area contributed by atoms with E-state index in [0.717, 1.165) is 11.6 Å². The van der Waals surface area contributed by atoms with Crippen LogP contribution in [0.25, 0.3) is 6.08 Å². The molecule has 1 heterocycles. The number of imidazole rings is 1. The molecule has 0 saturated heterocycles. The van der Waals surface area contributed by atoms with Crippen molar-refractivity contribution in [3.63, 3.8) is 0 Å². The number of aliphatic carboxylic acids is 1. The number of nitrogens with zero attached hydrogens (tertiary/aromatic N) is 1. The number of carboxylic acid groups (broad SMARTS) is 1. The van der Waals surface area contributed by atoms with Gasteiger partial charge in [0.05, 0.1) is 0 Å². The minimum atomic E-state index is -1.04. The Morgan fingerprint density at radius 3 is 2.85 bits per heavy atom. The average Bonchev–Trinajstić information content (AvgIpc) is 2.90. The highest BCUT2D eigenvalue weighted by molar-refractivity contribution is 6.04. The molecule has 0 fully saturated rings. The van der Waals surface area contributed by atoms with Crippen LogP contribution in [-0.2, 0) is 4.79 Å². The molecule has 1 amide bonds. The van der Waals surface area contributed by atoms with Crippen LogP contribution < -0.4 is 5.32 Å². The van der Waals surface area contributed by atoms with Gasteiger partial charge < -0.3 is 10.1 Å². The first-order valence-electron chi connectivity index (χ1n) is 5.88. The van der Waals surface area contributed by atoms with E-state index in [0.29, 0.717) is 17.1 Å². The van der Waals surface area contributed by atoms with Gasteiger partial charge in [-0.15, -0.1) is 0 Å². The first-order valence-corrected chi connectivity index (χ1v) is 5.88. The SMILES string of the molecule is Cc1ccc(C=CC(=O)O)cc1C(=O)Nc1ncc[nH]1. The van der Waals surface area contributed by atoms with Crippen molar-refractivity contribution < 1.29 is 14.7 Å². The predicted molar refractivity (Wildman–Crippen MR) is 74.4 cm³/mol. The molecule has 0 saturated carbocycles. The molecule has 1 aromatic carbocycles. The highest BCUT2D eigenvalue weighted by Gasteiger charge is 2.10. The van der Waals surface area contributed by atoms with Crippen LogP contribution in [0, 0.1) is 6.92 Å². The van der Waals surface area contributed by atoms with Gasteiger partial charge in [0.25, 0.3) is 5.91 Å². The number of rotatable bonds is 4. The molecule has 0 spiro atoms. The zero-order valence-electron chi connectivity index (χ0n) is 10.8. The van der Waals surface area contributed by atoms with Crippen molar-refractivity contribution in [2.75, 3.05) is 5.32 Å². The number of carbonyl (C=O) groups is 2. The van der Waals surface area contributed by atoms with E-state index in [9.17, 15) is 9.59 Å². The number of H-pyrrole nitrogens is 1. The molecule has 0 unspecified atom stereocenters. The summed E-state index contributed by atoms with van der Waals surface area (Å²) in [6, 6.07) is 5.14. The number of hydrogen-bond donors (Lipinski definition) is 3. The maximum absolute atomic E-state index is 12.1. The van der Waals surface area contributed by atoms with Crippen LogP contribution in [0.1, 0.15) is 21.5 Å². The summed E-state index contributed by atoms with van der Waals surface area (Å²) < 4.78 is 0. The van der Waals surface area contributed by atoms with Gasteiger partial charge in [-0.05, 0) is 30.2 Å². The molecular formula is C14H13N3O3. The van der Waals surface area contributed by atoms with Gasteiger partial charge >= 0.3 is 5.97 Å². The number of aryl methyl sites for hydroxylation is 1. The summed E-state index contributed by atoms with van der Waals surface area (Å²) in [5.74, 6) is -0.976. The Bertz CT molecular complexity index is 660. The van der Waals surface area contributed by atoms with E-state index in [1.807, 2.05) is 6.92 Å². The lowest BCUT2D eigenvalue weighted by Gasteiger charge is -2.06. The van der Waals surface area contributed by atoms with Gasteiger partial charge in [0.15, 0.2) is 0 Å². The van der Waals surface area contributed by atoms with Crippen LogP contribution in [0.3, 0.4) is 0 Å². The minimum Gasteiger partial charge on any atom is -0.478 e. The van der Waals surface area contributed by atoms with Crippen molar-refractivity contribution in [2.45, 2.75) is 6.92 Å². The van der Waals surface area contributed by atoms with Crippen LogP contribution in [-0.4, -0.2) is 27.0 Å². The second-order valence-electron chi connectivity index (χ2n) is 4.14. The summed E-state index contributed by atoms with van der Waals surface area (Å²) in [5, 5.41) is 11.2. The predicted octanol–water partition coefficient (Wildman–Crippen LogP) is 2.07. The van der Waals surface area contributed by atoms with Crippen LogP contribution in [0.5, 0.6) is 0 Å². The van der Waals surface area contributed by atoms with Gasteiger partial charge in [-0.3, -0.25) is 10.1 Å². The molecule has 2 aromatic rings. The van der Waals surface area contributed by atoms with E-state index >= 15 is 0 Å². The molecule has 2 rings (SSSR count). The fourth-order valence-corrected chi connectivity index (χ4v) is 1.66. The number of aromatic nitrogens is 2. The second kappa shape index (κ2) is 5.83. The summed E-state index contributed by atoms with van der Waals surface area (Å²) in [5.41, 5.74) is 1.90. The quantitative estimate of drug-likeness (QED) is 0.742. The zero-order valence-corrected chi connectivity index (χ0v) is 10.8. The van der Waals surface area contributed by atoms with Gasteiger partial charge in [0.1, 0.15) is 0 Å². The highest BCUT2D eigenvalue weighted by atomic mass is 16.4. The monoisotopic (exact) mass is 271 g/mol. The van der Waals surface area contributed by atoms with Crippen LogP contribution >= 0.6 is 0 Å². The number of carboxylic acids is 1. The molecule has 6 heteroatoms. The maximum atomic E-state index is 12.1. The Hall–Kier alpha value is -2.89. The summed E-state index contributed by atoms with van der Waals surface area (Å²) in [7, 11) is 0. The van der Waals surface area contributed by atoms with Gasteiger partial charge in [-0.1, -0.05) is 12.1 Å². The zero-order chi connectivity index (χ0) is 14.5. The number of carbonyl (C=O) groups excluding carboxylic acids is 1. The Balaban J connectivity index is 2.24. The minimum absolute atomic E-state index is 0.303. The topological polar surface area (TPSA) is 95.1 Å². The third kappa shape index (κ3) is 3.32. The van der Waals surface area contributed by atoms with Crippen molar-refractivity contribution in [1.82, 2.24) is 9.97 Å². The fraction of sp³-hybridized carbons (Fsp3) is 0.0714. The third-order valence-corrected chi connectivity index (χ3v) is 2.65. The number of hydrogen-bond acceptors (Lipinski definition) is 3. The van der Waals surface area contributed by atoms with Crippen LogP contribution in [0.15, 0.2) is 36.7 Å². The Morgan fingerprint density at radius 2 is 2.20 bits per heavy atom. The molecule has 0 aliphatic rings. The lowest BCUT2D eigenvalue weighted by Crippen LogP contribution is -2.14. The van der Waals surface area contributed by atoms with E-state index in [1.165, 1.54) is 12.3 Å². The van der Waals surface area contributed by atoms with E-state index in [1.54, 1.807) is 24.4 Å². The van der Waals surface area contributed by atoms with Gasteiger partial charge in [-0.2, -0.15) is 0 Å². The standard InChI is InChI=1S/C14H13N3O3/c1-9-2-3-10(4-5-12(18)19)8-11(9)13(20)17-14-15-6-7-16-14/h2-8H,1H3,(H,18,19)(H2,15,16,17,20). The first-order chi connectivity index (χ1) is 9.56. The van der Waals surface area contributed by atoms with Crippen molar-refractivity contribution in [1.29, 1.82) is 0 Å². The normalized spacial score (nSPS) is 10.7. The van der Waals surface area contributed by atoms with Gasteiger partial charge in [-0.25, -0.2) is 9.78 Å². The summed E-state index contributed by atoms with van der Waals surface area (Å²) in [4.78, 5) is 29.3. The summed E-state index contributed by atoms with van der Waals surface area (Å²) in [6.07, 6.45) is 5.60. The second-order valence-corrected chi connectivity index (χ2v) is 4.14. The van der Waals surface area contributed by atoms with E-state index < -0.39 is 5.97 Å². The molecule has 1 aromatic heterocycles. The molecule has 6 nitrogen and oxygen atoms in total. The molecule has 20 heavy (non-hydrogen) atoms. The van der Waals surface area contributed by atoms with Crippen molar-refractivity contribution in [3.05, 3.63) is 53.4 Å². The molecular weight excluding hydrogens is 258 g/mol. The first kappa shape index (κ1) is 13.5. The number of anilines is 1. The maximum Gasteiger partial charge on any atom is 0.328 e. The molecule has 0 atom stereocenters. The Labute approximate surface area is 115 Å². The number of benzene rings is 1.